The number of benzene rings is 1. The molecule has 0 saturated carbocycles. The van der Waals surface area contributed by atoms with E-state index in [1.54, 1.807) is 0 Å². The Labute approximate surface area is 115 Å². The molecule has 0 aliphatic heterocycles. The summed E-state index contributed by atoms with van der Waals surface area (Å²) in [6.07, 6.45) is 0. The highest BCUT2D eigenvalue weighted by molar-refractivity contribution is 14.1. The van der Waals surface area contributed by atoms with E-state index in [0.717, 1.165) is 12.1 Å². The zero-order valence-corrected chi connectivity index (χ0v) is 10.9. The maximum absolute atomic E-state index is 13.4. The van der Waals surface area contributed by atoms with Gasteiger partial charge in [-0.15, -0.1) is 0 Å². The average Bonchev–Trinajstić information content (AvgIpc) is 2.28. The van der Waals surface area contributed by atoms with Gasteiger partial charge in [-0.3, -0.25) is 0 Å². The molecule has 19 heavy (non-hydrogen) atoms. The maximum atomic E-state index is 13.4. The van der Waals surface area contributed by atoms with Crippen LogP contribution in [0.1, 0.15) is 5.56 Å². The first-order chi connectivity index (χ1) is 8.36. The molecule has 0 nitrogen and oxygen atoms in total. The summed E-state index contributed by atoms with van der Waals surface area (Å²) >= 11 is -0.293. The van der Waals surface area contributed by atoms with Crippen LogP contribution in [0.4, 0.5) is 35.1 Å². The van der Waals surface area contributed by atoms with Crippen molar-refractivity contribution in [2.24, 2.45) is 0 Å². The van der Waals surface area contributed by atoms with Crippen molar-refractivity contribution in [3.8, 4) is 0 Å². The summed E-state index contributed by atoms with van der Waals surface area (Å²) in [6, 6.07) is 3.90. The molecule has 0 aliphatic rings. The number of halogens is 9. The van der Waals surface area contributed by atoms with Crippen LogP contribution in [-0.2, 0) is 5.92 Å². The van der Waals surface area contributed by atoms with Gasteiger partial charge in [0.1, 0.15) is 0 Å². The third kappa shape index (κ3) is 2.52. The standard InChI is InChI=1S/C10H5F8I/c11-7(12,6-4-2-1-3-5-6)8(13,14)9(15,16)10(17,18)19/h1-5H. The van der Waals surface area contributed by atoms with Crippen LogP contribution in [0.15, 0.2) is 30.3 Å². The van der Waals surface area contributed by atoms with Crippen molar-refractivity contribution in [2.75, 3.05) is 0 Å². The summed E-state index contributed by atoms with van der Waals surface area (Å²) in [6.45, 7) is 0. The fourth-order valence-electron chi connectivity index (χ4n) is 1.20. The molecule has 108 valence electrons. The van der Waals surface area contributed by atoms with Crippen molar-refractivity contribution in [3.63, 3.8) is 0 Å². The molecule has 0 saturated heterocycles. The molecule has 9 heteroatoms. The normalized spacial score (nSPS) is 14.6. The molecule has 0 fully saturated rings. The van der Waals surface area contributed by atoms with Crippen molar-refractivity contribution in [3.05, 3.63) is 35.9 Å². The van der Waals surface area contributed by atoms with Crippen molar-refractivity contribution in [1.29, 1.82) is 0 Å². The van der Waals surface area contributed by atoms with Gasteiger partial charge in [0.15, 0.2) is 0 Å². The minimum absolute atomic E-state index is 0.293. The highest BCUT2D eigenvalue weighted by atomic mass is 127. The largest absolute Gasteiger partial charge is 0.387 e. The summed E-state index contributed by atoms with van der Waals surface area (Å²) in [7, 11) is 0. The number of rotatable bonds is 4. The van der Waals surface area contributed by atoms with E-state index in [1.807, 2.05) is 0 Å². The van der Waals surface area contributed by atoms with Gasteiger partial charge in [0.05, 0.1) is 0 Å². The fourth-order valence-corrected chi connectivity index (χ4v) is 1.54. The van der Waals surface area contributed by atoms with E-state index in [1.165, 1.54) is 6.07 Å². The Morgan fingerprint density at radius 1 is 0.684 bits per heavy atom. The average molecular weight is 404 g/mol. The number of hydrogen-bond acceptors (Lipinski definition) is 0. The second kappa shape index (κ2) is 4.74. The topological polar surface area (TPSA) is 0 Å². The maximum Gasteiger partial charge on any atom is 0.387 e. The lowest BCUT2D eigenvalue weighted by Crippen LogP contribution is -2.59. The first-order valence-electron chi connectivity index (χ1n) is 4.61. The molecule has 0 aliphatic carbocycles. The molecule has 0 bridgehead atoms. The Balaban J connectivity index is 3.34. The molecule has 0 N–H and O–H groups in total. The summed E-state index contributed by atoms with van der Waals surface area (Å²) in [5.74, 6) is -17.9. The quantitative estimate of drug-likeness (QED) is 0.373. The fraction of sp³-hybridized carbons (Fsp3) is 0.400. The van der Waals surface area contributed by atoms with Gasteiger partial charge in [-0.2, -0.15) is 35.1 Å². The Bertz CT molecular complexity index is 437. The van der Waals surface area contributed by atoms with E-state index in [0.29, 0.717) is 12.1 Å². The van der Waals surface area contributed by atoms with Crippen LogP contribution in [-0.4, -0.2) is 15.8 Å². The highest BCUT2D eigenvalue weighted by Crippen LogP contribution is 2.57. The lowest BCUT2D eigenvalue weighted by atomic mass is 9.97. The minimum atomic E-state index is -6.24. The Morgan fingerprint density at radius 2 is 1.11 bits per heavy atom. The molecule has 0 unspecified atom stereocenters. The van der Waals surface area contributed by atoms with Crippen molar-refractivity contribution >= 4 is 22.6 Å². The molecule has 0 spiro atoms. The van der Waals surface area contributed by atoms with E-state index in [9.17, 15) is 35.1 Å². The molecular formula is C10H5F8I. The summed E-state index contributed by atoms with van der Waals surface area (Å²) in [5.41, 5.74) is -1.47. The van der Waals surface area contributed by atoms with Gasteiger partial charge in [-0.1, -0.05) is 30.3 Å². The van der Waals surface area contributed by atoms with Crippen LogP contribution in [0.5, 0.6) is 0 Å². The smallest absolute Gasteiger partial charge is 0.194 e. The van der Waals surface area contributed by atoms with Gasteiger partial charge in [-0.05, 0) is 0 Å². The second-order valence-electron chi connectivity index (χ2n) is 3.59. The zero-order valence-electron chi connectivity index (χ0n) is 8.79. The predicted molar refractivity (Wildman–Crippen MR) is 59.2 cm³/mol. The molecule has 1 aromatic carbocycles. The predicted octanol–water partition coefficient (Wildman–Crippen LogP) is 5.08. The Hall–Kier alpha value is -0.610. The molecule has 0 amide bonds. The van der Waals surface area contributed by atoms with E-state index in [-0.39, 0.29) is 22.6 Å². The van der Waals surface area contributed by atoms with Crippen LogP contribution in [0.3, 0.4) is 0 Å². The van der Waals surface area contributed by atoms with Gasteiger partial charge >= 0.3 is 21.7 Å². The van der Waals surface area contributed by atoms with Crippen LogP contribution in [0, 0.1) is 0 Å². The van der Waals surface area contributed by atoms with Crippen LogP contribution in [0.2, 0.25) is 0 Å². The first-order valence-corrected chi connectivity index (χ1v) is 5.69. The number of alkyl halides is 9. The highest BCUT2D eigenvalue weighted by Gasteiger charge is 2.80. The van der Waals surface area contributed by atoms with E-state index < -0.39 is 27.3 Å². The molecule has 1 aromatic rings. The zero-order chi connectivity index (χ0) is 15.1. The van der Waals surface area contributed by atoms with E-state index in [4.69, 9.17) is 0 Å². The molecule has 0 aromatic heterocycles. The van der Waals surface area contributed by atoms with Crippen molar-refractivity contribution < 1.29 is 35.1 Å². The second-order valence-corrected chi connectivity index (χ2v) is 4.94. The minimum Gasteiger partial charge on any atom is -0.194 e. The van der Waals surface area contributed by atoms with Gasteiger partial charge in [0, 0.05) is 28.2 Å². The Kier molecular flexibility index (Phi) is 4.10. The number of hydrogen-bond donors (Lipinski definition) is 0. The third-order valence-electron chi connectivity index (χ3n) is 2.28. The lowest BCUT2D eigenvalue weighted by Gasteiger charge is -2.34. The third-order valence-corrected chi connectivity index (χ3v) is 2.96. The SMILES string of the molecule is FC(F)(I)C(F)(F)C(F)(F)C(F)(F)c1ccccc1. The van der Waals surface area contributed by atoms with Crippen LogP contribution < -0.4 is 0 Å². The molecule has 0 heterocycles. The van der Waals surface area contributed by atoms with Crippen molar-refractivity contribution in [2.45, 2.75) is 21.7 Å². The summed E-state index contributed by atoms with van der Waals surface area (Å²) in [5, 5.41) is 0. The monoisotopic (exact) mass is 404 g/mol. The first kappa shape index (κ1) is 16.4. The summed E-state index contributed by atoms with van der Waals surface area (Å²) < 4.78 is 98.5. The van der Waals surface area contributed by atoms with E-state index >= 15 is 0 Å². The van der Waals surface area contributed by atoms with Crippen LogP contribution in [0.25, 0.3) is 0 Å². The molecule has 1 rings (SSSR count). The van der Waals surface area contributed by atoms with Crippen LogP contribution >= 0.6 is 22.6 Å². The lowest BCUT2D eigenvalue weighted by molar-refractivity contribution is -0.347. The molecule has 0 radical (unpaired) electrons. The van der Waals surface area contributed by atoms with E-state index in [2.05, 4.69) is 0 Å². The van der Waals surface area contributed by atoms with Gasteiger partial charge in [0.2, 0.25) is 0 Å². The summed E-state index contributed by atoms with van der Waals surface area (Å²) in [4.78, 5) is 0. The van der Waals surface area contributed by atoms with Gasteiger partial charge < -0.3 is 0 Å². The Morgan fingerprint density at radius 3 is 1.47 bits per heavy atom. The van der Waals surface area contributed by atoms with Gasteiger partial charge in [0.25, 0.3) is 0 Å². The molecule has 0 atom stereocenters. The van der Waals surface area contributed by atoms with Crippen molar-refractivity contribution in [1.82, 2.24) is 0 Å². The van der Waals surface area contributed by atoms with Gasteiger partial charge in [-0.25, -0.2) is 0 Å². The molecular weight excluding hydrogens is 399 g/mol.